The monoisotopic (exact) mass is 203 g/mol. The minimum atomic E-state index is 0.137. The molecular weight excluding hydrogens is 186 g/mol. The first kappa shape index (κ1) is 10.2. The van der Waals surface area contributed by atoms with Crippen LogP contribution >= 0.6 is 0 Å². The minimum absolute atomic E-state index is 0.137. The van der Waals surface area contributed by atoms with Crippen LogP contribution in [0.4, 0.5) is 0 Å². The molecule has 0 amide bonds. The molecule has 1 saturated carbocycles. The van der Waals surface area contributed by atoms with Crippen molar-refractivity contribution >= 4 is 5.57 Å². The van der Waals surface area contributed by atoms with Crippen LogP contribution in [-0.2, 0) is 0 Å². The van der Waals surface area contributed by atoms with Gasteiger partial charge in [-0.2, -0.15) is 0 Å². The van der Waals surface area contributed by atoms with Crippen LogP contribution in [0.15, 0.2) is 29.2 Å². The first-order valence-electron chi connectivity index (χ1n) is 5.58. The first-order chi connectivity index (χ1) is 7.22. The van der Waals surface area contributed by atoms with Gasteiger partial charge in [-0.15, -0.1) is 0 Å². The topological polar surface area (TPSA) is 22.0 Å². The first-order valence-corrected chi connectivity index (χ1v) is 5.58. The van der Waals surface area contributed by atoms with E-state index in [2.05, 4.69) is 0 Å². The molecule has 1 heterocycles. The SMILES string of the molecule is CC=C(C)c1ccn(C2CCC2)c(=O)c1. The van der Waals surface area contributed by atoms with Gasteiger partial charge in [0.15, 0.2) is 0 Å². The van der Waals surface area contributed by atoms with Gasteiger partial charge in [0, 0.05) is 18.3 Å². The maximum atomic E-state index is 11.8. The van der Waals surface area contributed by atoms with E-state index in [9.17, 15) is 4.79 Å². The maximum absolute atomic E-state index is 11.8. The number of aromatic nitrogens is 1. The maximum Gasteiger partial charge on any atom is 0.251 e. The molecule has 1 aromatic rings. The van der Waals surface area contributed by atoms with Crippen molar-refractivity contribution in [1.29, 1.82) is 0 Å². The molecule has 0 N–H and O–H groups in total. The van der Waals surface area contributed by atoms with Crippen molar-refractivity contribution in [3.05, 3.63) is 40.3 Å². The van der Waals surface area contributed by atoms with Gasteiger partial charge in [-0.25, -0.2) is 0 Å². The average Bonchev–Trinajstić information content (AvgIpc) is 2.17. The highest BCUT2D eigenvalue weighted by atomic mass is 16.1. The number of allylic oxidation sites excluding steroid dienone is 2. The second-order valence-electron chi connectivity index (χ2n) is 4.22. The summed E-state index contributed by atoms with van der Waals surface area (Å²) in [5.41, 5.74) is 2.34. The van der Waals surface area contributed by atoms with Crippen molar-refractivity contribution < 1.29 is 0 Å². The second-order valence-corrected chi connectivity index (χ2v) is 4.22. The van der Waals surface area contributed by atoms with Gasteiger partial charge in [0.25, 0.3) is 5.56 Å². The number of hydrogen-bond acceptors (Lipinski definition) is 1. The van der Waals surface area contributed by atoms with Crippen molar-refractivity contribution in [2.45, 2.75) is 39.2 Å². The Kier molecular flexibility index (Phi) is 2.76. The average molecular weight is 203 g/mol. The lowest BCUT2D eigenvalue weighted by molar-refractivity contribution is 0.306. The van der Waals surface area contributed by atoms with E-state index in [1.807, 2.05) is 36.8 Å². The second kappa shape index (κ2) is 4.05. The molecule has 15 heavy (non-hydrogen) atoms. The number of nitrogens with zero attached hydrogens (tertiary/aromatic N) is 1. The lowest BCUT2D eigenvalue weighted by Gasteiger charge is -2.27. The Hall–Kier alpha value is -1.31. The van der Waals surface area contributed by atoms with E-state index in [1.54, 1.807) is 6.07 Å². The molecule has 0 unspecified atom stereocenters. The molecule has 2 nitrogen and oxygen atoms in total. The summed E-state index contributed by atoms with van der Waals surface area (Å²) in [5.74, 6) is 0. The molecule has 1 aliphatic carbocycles. The zero-order valence-corrected chi connectivity index (χ0v) is 9.36. The van der Waals surface area contributed by atoms with E-state index in [0.29, 0.717) is 6.04 Å². The summed E-state index contributed by atoms with van der Waals surface area (Å²) in [4.78, 5) is 11.8. The van der Waals surface area contributed by atoms with Crippen molar-refractivity contribution in [3.8, 4) is 0 Å². The predicted molar refractivity (Wildman–Crippen MR) is 62.9 cm³/mol. The highest BCUT2D eigenvalue weighted by molar-refractivity contribution is 5.62. The zero-order valence-electron chi connectivity index (χ0n) is 9.36. The van der Waals surface area contributed by atoms with Crippen molar-refractivity contribution in [1.82, 2.24) is 4.57 Å². The third-order valence-corrected chi connectivity index (χ3v) is 3.30. The Bertz CT molecular complexity index is 438. The fraction of sp³-hybridized carbons (Fsp3) is 0.462. The molecule has 1 aliphatic rings. The smallest absolute Gasteiger partial charge is 0.251 e. The third kappa shape index (κ3) is 1.89. The van der Waals surface area contributed by atoms with Crippen LogP contribution in [-0.4, -0.2) is 4.57 Å². The molecule has 2 rings (SSSR count). The molecule has 0 saturated heterocycles. The van der Waals surface area contributed by atoms with Crippen LogP contribution in [0, 0.1) is 0 Å². The van der Waals surface area contributed by atoms with E-state index in [1.165, 1.54) is 6.42 Å². The van der Waals surface area contributed by atoms with Gasteiger partial charge in [0.1, 0.15) is 0 Å². The summed E-state index contributed by atoms with van der Waals surface area (Å²) in [6.45, 7) is 4.02. The molecule has 1 fully saturated rings. The Balaban J connectivity index is 2.34. The van der Waals surface area contributed by atoms with Crippen LogP contribution in [0.25, 0.3) is 5.57 Å². The van der Waals surface area contributed by atoms with Crippen LogP contribution < -0.4 is 5.56 Å². The lowest BCUT2D eigenvalue weighted by Crippen LogP contribution is -2.28. The summed E-state index contributed by atoms with van der Waals surface area (Å²) < 4.78 is 1.87. The van der Waals surface area contributed by atoms with Crippen molar-refractivity contribution in [2.24, 2.45) is 0 Å². The molecule has 0 radical (unpaired) electrons. The molecule has 0 spiro atoms. The van der Waals surface area contributed by atoms with Crippen LogP contribution in [0.1, 0.15) is 44.7 Å². The van der Waals surface area contributed by atoms with E-state index in [-0.39, 0.29) is 5.56 Å². The Morgan fingerprint density at radius 1 is 1.53 bits per heavy atom. The lowest BCUT2D eigenvalue weighted by atomic mass is 9.92. The summed E-state index contributed by atoms with van der Waals surface area (Å²) in [6, 6.07) is 4.24. The number of pyridine rings is 1. The molecule has 0 atom stereocenters. The Morgan fingerprint density at radius 2 is 2.27 bits per heavy atom. The normalized spacial score (nSPS) is 17.6. The van der Waals surface area contributed by atoms with Crippen molar-refractivity contribution in [3.63, 3.8) is 0 Å². The minimum Gasteiger partial charge on any atom is -0.312 e. The van der Waals surface area contributed by atoms with Gasteiger partial charge in [0.05, 0.1) is 0 Å². The Morgan fingerprint density at radius 3 is 2.73 bits per heavy atom. The standard InChI is InChI=1S/C13H17NO/c1-3-10(2)11-7-8-14(13(15)9-11)12-5-4-6-12/h3,7-9,12H,4-6H2,1-2H3. The van der Waals surface area contributed by atoms with Gasteiger partial charge >= 0.3 is 0 Å². The zero-order chi connectivity index (χ0) is 10.8. The summed E-state index contributed by atoms with van der Waals surface area (Å²) in [5, 5.41) is 0. The molecule has 80 valence electrons. The highest BCUT2D eigenvalue weighted by Gasteiger charge is 2.19. The fourth-order valence-corrected chi connectivity index (χ4v) is 1.87. The molecule has 2 heteroatoms. The fourth-order valence-electron chi connectivity index (χ4n) is 1.87. The van der Waals surface area contributed by atoms with E-state index in [4.69, 9.17) is 0 Å². The largest absolute Gasteiger partial charge is 0.312 e. The van der Waals surface area contributed by atoms with Crippen molar-refractivity contribution in [2.75, 3.05) is 0 Å². The molecule has 0 aliphatic heterocycles. The molecule has 1 aromatic heterocycles. The van der Waals surface area contributed by atoms with Crippen LogP contribution in [0.2, 0.25) is 0 Å². The number of hydrogen-bond donors (Lipinski definition) is 0. The summed E-state index contributed by atoms with van der Waals surface area (Å²) in [7, 11) is 0. The highest BCUT2D eigenvalue weighted by Crippen LogP contribution is 2.30. The summed E-state index contributed by atoms with van der Waals surface area (Å²) >= 11 is 0. The van der Waals surface area contributed by atoms with Gasteiger partial charge in [0.2, 0.25) is 0 Å². The van der Waals surface area contributed by atoms with Gasteiger partial charge in [-0.05, 0) is 50.3 Å². The predicted octanol–water partition coefficient (Wildman–Crippen LogP) is 3.00. The van der Waals surface area contributed by atoms with Crippen LogP contribution in [0.5, 0.6) is 0 Å². The number of rotatable bonds is 2. The molecular formula is C13H17NO. The van der Waals surface area contributed by atoms with Gasteiger partial charge < -0.3 is 4.57 Å². The van der Waals surface area contributed by atoms with Gasteiger partial charge in [-0.1, -0.05) is 6.08 Å². The van der Waals surface area contributed by atoms with Crippen LogP contribution in [0.3, 0.4) is 0 Å². The van der Waals surface area contributed by atoms with E-state index < -0.39 is 0 Å². The third-order valence-electron chi connectivity index (χ3n) is 3.30. The van der Waals surface area contributed by atoms with E-state index >= 15 is 0 Å². The Labute approximate surface area is 90.2 Å². The van der Waals surface area contributed by atoms with Gasteiger partial charge in [-0.3, -0.25) is 4.79 Å². The van der Waals surface area contributed by atoms with E-state index in [0.717, 1.165) is 24.0 Å². The summed E-state index contributed by atoms with van der Waals surface area (Å²) in [6.07, 6.45) is 7.54. The quantitative estimate of drug-likeness (QED) is 0.724. The molecule has 0 aromatic carbocycles. The molecule has 0 bridgehead atoms.